The number of halogens is 1. The number of rotatable bonds is 3. The van der Waals surface area contributed by atoms with Crippen LogP contribution in [-0.4, -0.2) is 28.2 Å². The van der Waals surface area contributed by atoms with Crippen LogP contribution in [0.4, 0.5) is 0 Å². The molecule has 0 fully saturated rings. The minimum Gasteiger partial charge on any atom is -0.392 e. The lowest BCUT2D eigenvalue weighted by atomic mass is 10.3. The van der Waals surface area contributed by atoms with E-state index in [0.717, 1.165) is 0 Å². The average molecular weight is 217 g/mol. The van der Waals surface area contributed by atoms with E-state index < -0.39 is 6.10 Å². The highest BCUT2D eigenvalue weighted by atomic mass is 35.5. The van der Waals surface area contributed by atoms with Crippen LogP contribution in [0.5, 0.6) is 0 Å². The second-order valence-electron chi connectivity index (χ2n) is 3.21. The second-order valence-corrected chi connectivity index (χ2v) is 3.65. The molecule has 0 aromatic carbocycles. The number of aryl methyl sites for hydroxylation is 1. The standard InChI is InChI=1S/C9H13ClN2O2/c1-6(13)4-11-9(14)8-3-7(10)5-12(8)2/h3,5-6,13H,4H2,1-2H3,(H,11,14)/t6-/m0/s1. The first-order valence-corrected chi connectivity index (χ1v) is 4.66. The maximum Gasteiger partial charge on any atom is 0.268 e. The lowest BCUT2D eigenvalue weighted by molar-refractivity contribution is 0.0916. The summed E-state index contributed by atoms with van der Waals surface area (Å²) in [5, 5.41) is 12.1. The molecular weight excluding hydrogens is 204 g/mol. The van der Waals surface area contributed by atoms with Crippen molar-refractivity contribution in [2.45, 2.75) is 13.0 Å². The van der Waals surface area contributed by atoms with E-state index in [1.165, 1.54) is 0 Å². The molecule has 2 N–H and O–H groups in total. The monoisotopic (exact) mass is 216 g/mol. The number of nitrogens with zero attached hydrogens (tertiary/aromatic N) is 1. The molecule has 1 rings (SSSR count). The molecule has 1 heterocycles. The van der Waals surface area contributed by atoms with Gasteiger partial charge in [-0.1, -0.05) is 11.6 Å². The van der Waals surface area contributed by atoms with Crippen LogP contribution in [0.15, 0.2) is 12.3 Å². The minimum atomic E-state index is -0.547. The van der Waals surface area contributed by atoms with Crippen molar-refractivity contribution in [3.8, 4) is 0 Å². The molecule has 1 atom stereocenters. The number of aliphatic hydroxyl groups is 1. The Morgan fingerprint density at radius 3 is 2.86 bits per heavy atom. The Morgan fingerprint density at radius 1 is 1.79 bits per heavy atom. The highest BCUT2D eigenvalue weighted by Crippen LogP contribution is 2.12. The van der Waals surface area contributed by atoms with Crippen molar-refractivity contribution in [1.29, 1.82) is 0 Å². The molecule has 14 heavy (non-hydrogen) atoms. The number of carbonyl (C=O) groups excluding carboxylic acids is 1. The summed E-state index contributed by atoms with van der Waals surface area (Å²) in [5.74, 6) is -0.236. The fourth-order valence-corrected chi connectivity index (χ4v) is 1.33. The van der Waals surface area contributed by atoms with E-state index in [9.17, 15) is 4.79 Å². The Balaban J connectivity index is 2.65. The molecule has 0 bridgehead atoms. The number of nitrogens with one attached hydrogen (secondary N) is 1. The molecular formula is C9H13ClN2O2. The van der Waals surface area contributed by atoms with Crippen molar-refractivity contribution >= 4 is 17.5 Å². The quantitative estimate of drug-likeness (QED) is 0.785. The largest absolute Gasteiger partial charge is 0.392 e. The van der Waals surface area contributed by atoms with E-state index in [0.29, 0.717) is 10.7 Å². The smallest absolute Gasteiger partial charge is 0.268 e. The van der Waals surface area contributed by atoms with Gasteiger partial charge in [0, 0.05) is 19.8 Å². The molecule has 0 aliphatic rings. The molecule has 5 heteroatoms. The van der Waals surface area contributed by atoms with E-state index in [2.05, 4.69) is 5.32 Å². The number of aliphatic hydroxyl groups excluding tert-OH is 1. The molecule has 0 aliphatic carbocycles. The van der Waals surface area contributed by atoms with Gasteiger partial charge < -0.3 is 15.0 Å². The fourth-order valence-electron chi connectivity index (χ4n) is 1.08. The van der Waals surface area contributed by atoms with Gasteiger partial charge in [-0.05, 0) is 13.0 Å². The van der Waals surface area contributed by atoms with Crippen molar-refractivity contribution < 1.29 is 9.90 Å². The van der Waals surface area contributed by atoms with Crippen LogP contribution in [0.2, 0.25) is 5.02 Å². The van der Waals surface area contributed by atoms with Gasteiger partial charge in [-0.2, -0.15) is 0 Å². The Morgan fingerprint density at radius 2 is 2.43 bits per heavy atom. The molecule has 4 nitrogen and oxygen atoms in total. The number of aromatic nitrogens is 1. The third-order valence-electron chi connectivity index (χ3n) is 1.76. The maximum absolute atomic E-state index is 11.5. The van der Waals surface area contributed by atoms with Crippen LogP contribution in [0, 0.1) is 0 Å². The van der Waals surface area contributed by atoms with Crippen LogP contribution >= 0.6 is 11.6 Å². The summed E-state index contributed by atoms with van der Waals surface area (Å²) in [4.78, 5) is 11.5. The zero-order valence-electron chi connectivity index (χ0n) is 8.12. The van der Waals surface area contributed by atoms with E-state index >= 15 is 0 Å². The van der Waals surface area contributed by atoms with Crippen LogP contribution in [0.25, 0.3) is 0 Å². The van der Waals surface area contributed by atoms with Crippen molar-refractivity contribution in [3.63, 3.8) is 0 Å². The summed E-state index contributed by atoms with van der Waals surface area (Å²) in [6.45, 7) is 1.85. The third-order valence-corrected chi connectivity index (χ3v) is 1.97. The SMILES string of the molecule is C[C@H](O)CNC(=O)c1cc(Cl)cn1C. The van der Waals surface area contributed by atoms with Gasteiger partial charge in [0.2, 0.25) is 0 Å². The van der Waals surface area contributed by atoms with E-state index in [1.807, 2.05) is 0 Å². The summed E-state index contributed by atoms with van der Waals surface area (Å²) < 4.78 is 1.64. The Hall–Kier alpha value is -1.00. The normalized spacial score (nSPS) is 12.6. The third kappa shape index (κ3) is 2.75. The van der Waals surface area contributed by atoms with Gasteiger partial charge in [-0.25, -0.2) is 0 Å². The van der Waals surface area contributed by atoms with Gasteiger partial charge in [-0.3, -0.25) is 4.79 Å². The van der Waals surface area contributed by atoms with Gasteiger partial charge in [0.15, 0.2) is 0 Å². The van der Waals surface area contributed by atoms with Gasteiger partial charge in [0.05, 0.1) is 11.1 Å². The summed E-state index contributed by atoms with van der Waals surface area (Å²) in [6.07, 6.45) is 1.11. The van der Waals surface area contributed by atoms with Crippen LogP contribution in [0.3, 0.4) is 0 Å². The topological polar surface area (TPSA) is 54.3 Å². The summed E-state index contributed by atoms with van der Waals surface area (Å²) >= 11 is 5.72. The van der Waals surface area contributed by atoms with E-state index in [-0.39, 0.29) is 12.5 Å². The molecule has 1 aromatic rings. The molecule has 0 saturated carbocycles. The average Bonchev–Trinajstić information content (AvgIpc) is 2.41. The molecule has 0 aliphatic heterocycles. The first-order valence-electron chi connectivity index (χ1n) is 4.29. The summed E-state index contributed by atoms with van der Waals surface area (Å²) in [7, 11) is 1.74. The van der Waals surface area contributed by atoms with Crippen molar-refractivity contribution in [2.75, 3.05) is 6.54 Å². The van der Waals surface area contributed by atoms with Gasteiger partial charge in [0.25, 0.3) is 5.91 Å². The van der Waals surface area contributed by atoms with Gasteiger partial charge >= 0.3 is 0 Å². The highest BCUT2D eigenvalue weighted by Gasteiger charge is 2.10. The molecule has 0 spiro atoms. The van der Waals surface area contributed by atoms with Gasteiger partial charge in [-0.15, -0.1) is 0 Å². The highest BCUT2D eigenvalue weighted by molar-refractivity contribution is 6.31. The zero-order chi connectivity index (χ0) is 10.7. The molecule has 0 unspecified atom stereocenters. The first-order chi connectivity index (χ1) is 6.50. The maximum atomic E-state index is 11.5. The van der Waals surface area contributed by atoms with Crippen LogP contribution in [0.1, 0.15) is 17.4 Å². The van der Waals surface area contributed by atoms with E-state index in [4.69, 9.17) is 16.7 Å². The summed E-state index contributed by atoms with van der Waals surface area (Å²) in [6, 6.07) is 1.58. The second kappa shape index (κ2) is 4.48. The van der Waals surface area contributed by atoms with Crippen molar-refractivity contribution in [2.24, 2.45) is 7.05 Å². The predicted octanol–water partition coefficient (Wildman–Crippen LogP) is 0.789. The molecule has 0 saturated heterocycles. The van der Waals surface area contributed by atoms with Crippen molar-refractivity contribution in [1.82, 2.24) is 9.88 Å². The van der Waals surface area contributed by atoms with Crippen LogP contribution in [-0.2, 0) is 7.05 Å². The Bertz CT molecular complexity index is 334. The lowest BCUT2D eigenvalue weighted by Gasteiger charge is -2.07. The molecule has 1 aromatic heterocycles. The number of hydrogen-bond acceptors (Lipinski definition) is 2. The fraction of sp³-hybridized carbons (Fsp3) is 0.444. The molecule has 1 amide bonds. The van der Waals surface area contributed by atoms with E-state index in [1.54, 1.807) is 30.8 Å². The van der Waals surface area contributed by atoms with Gasteiger partial charge in [0.1, 0.15) is 5.69 Å². The predicted molar refractivity (Wildman–Crippen MR) is 54.4 cm³/mol. The lowest BCUT2D eigenvalue weighted by Crippen LogP contribution is -2.31. The minimum absolute atomic E-state index is 0.236. The van der Waals surface area contributed by atoms with Crippen LogP contribution < -0.4 is 5.32 Å². The Kier molecular flexibility index (Phi) is 3.55. The first kappa shape index (κ1) is 11.1. The van der Waals surface area contributed by atoms with Crippen molar-refractivity contribution in [3.05, 3.63) is 23.0 Å². The number of amides is 1. The number of carbonyl (C=O) groups is 1. The number of hydrogen-bond donors (Lipinski definition) is 2. The summed E-state index contributed by atoms with van der Waals surface area (Å²) in [5.41, 5.74) is 0.482. The Labute approximate surface area is 87.5 Å². The molecule has 0 radical (unpaired) electrons. The zero-order valence-corrected chi connectivity index (χ0v) is 8.88. The molecule has 78 valence electrons.